The molecule has 0 aliphatic carbocycles. The number of carbonyl (C=O) groups excluding carboxylic acids is 1. The van der Waals surface area contributed by atoms with Crippen molar-refractivity contribution in [2.45, 2.75) is 6.54 Å². The lowest BCUT2D eigenvalue weighted by atomic mass is 10.2. The van der Waals surface area contributed by atoms with Crippen LogP contribution in [-0.4, -0.2) is 48.4 Å². The monoisotopic (exact) mass is 377 g/mol. The van der Waals surface area contributed by atoms with Crippen LogP contribution in [-0.2, 0) is 11.3 Å². The number of amides is 1. The Balaban J connectivity index is 1.44. The molecule has 0 bridgehead atoms. The summed E-state index contributed by atoms with van der Waals surface area (Å²) in [5.74, 6) is 0.102. The third-order valence-corrected chi connectivity index (χ3v) is 5.08. The minimum atomic E-state index is 0.102. The Hall–Kier alpha value is -1.75. The highest BCUT2D eigenvalue weighted by Crippen LogP contribution is 2.24. The first-order valence-corrected chi connectivity index (χ1v) is 9.10. The fraction of sp³-hybridized carbons (Fsp3) is 0.316. The van der Waals surface area contributed by atoms with Gasteiger partial charge in [-0.25, -0.2) is 0 Å². The molecule has 1 fully saturated rings. The Morgan fingerprint density at radius 3 is 2.36 bits per heavy atom. The van der Waals surface area contributed by atoms with Gasteiger partial charge in [-0.1, -0.05) is 53.5 Å². The van der Waals surface area contributed by atoms with E-state index in [0.717, 1.165) is 38.4 Å². The van der Waals surface area contributed by atoms with Gasteiger partial charge < -0.3 is 10.2 Å². The van der Waals surface area contributed by atoms with Gasteiger partial charge in [0.05, 0.1) is 16.6 Å². The van der Waals surface area contributed by atoms with Crippen molar-refractivity contribution in [2.24, 2.45) is 0 Å². The lowest BCUT2D eigenvalue weighted by molar-refractivity contribution is -0.131. The predicted octanol–water partition coefficient (Wildman–Crippen LogP) is 3.75. The maximum Gasteiger partial charge on any atom is 0.241 e. The summed E-state index contributed by atoms with van der Waals surface area (Å²) in [6.45, 7) is 4.51. The summed E-state index contributed by atoms with van der Waals surface area (Å²) in [5, 5.41) is 4.10. The van der Waals surface area contributed by atoms with Gasteiger partial charge in [-0.2, -0.15) is 0 Å². The van der Waals surface area contributed by atoms with Crippen molar-refractivity contribution in [3.8, 4) is 0 Å². The Morgan fingerprint density at radius 1 is 0.960 bits per heavy atom. The lowest BCUT2D eigenvalue weighted by Gasteiger charge is -2.34. The smallest absolute Gasteiger partial charge is 0.241 e. The van der Waals surface area contributed by atoms with E-state index in [4.69, 9.17) is 23.2 Å². The summed E-state index contributed by atoms with van der Waals surface area (Å²) in [7, 11) is 0. The number of carbonyl (C=O) groups is 1. The molecule has 2 aromatic rings. The molecule has 3 rings (SSSR count). The molecular formula is C19H21Cl2N3O. The largest absolute Gasteiger partial charge is 0.376 e. The first kappa shape index (κ1) is 18.1. The summed E-state index contributed by atoms with van der Waals surface area (Å²) in [4.78, 5) is 16.7. The van der Waals surface area contributed by atoms with E-state index >= 15 is 0 Å². The second kappa shape index (κ2) is 8.56. The average Bonchev–Trinajstić information content (AvgIpc) is 2.64. The molecule has 0 atom stereocenters. The first-order chi connectivity index (χ1) is 12.1. The third-order valence-electron chi connectivity index (χ3n) is 4.34. The molecule has 25 heavy (non-hydrogen) atoms. The summed E-state index contributed by atoms with van der Waals surface area (Å²) < 4.78 is 0. The van der Waals surface area contributed by atoms with Gasteiger partial charge in [-0.15, -0.1) is 0 Å². The standard InChI is InChI=1S/C19H21Cl2N3O/c20-17-7-6-16(12-18(17)21)22-13-19(25)24-10-8-23(9-11-24)14-15-4-2-1-3-5-15/h1-7,12,22H,8-11,13-14H2. The minimum absolute atomic E-state index is 0.102. The van der Waals surface area contributed by atoms with Gasteiger partial charge in [0.25, 0.3) is 0 Å². The molecule has 1 N–H and O–H groups in total. The van der Waals surface area contributed by atoms with E-state index in [2.05, 4.69) is 34.5 Å². The summed E-state index contributed by atoms with van der Waals surface area (Å²) >= 11 is 11.9. The van der Waals surface area contributed by atoms with Crippen LogP contribution in [0.4, 0.5) is 5.69 Å². The normalized spacial score (nSPS) is 15.2. The van der Waals surface area contributed by atoms with Crippen molar-refractivity contribution in [3.63, 3.8) is 0 Å². The van der Waals surface area contributed by atoms with Crippen LogP contribution in [0.2, 0.25) is 10.0 Å². The Labute approximate surface area is 158 Å². The van der Waals surface area contributed by atoms with Gasteiger partial charge >= 0.3 is 0 Å². The van der Waals surface area contributed by atoms with E-state index in [1.165, 1.54) is 5.56 Å². The van der Waals surface area contributed by atoms with E-state index in [-0.39, 0.29) is 12.5 Å². The van der Waals surface area contributed by atoms with Crippen LogP contribution in [0, 0.1) is 0 Å². The predicted molar refractivity (Wildman–Crippen MR) is 103 cm³/mol. The number of nitrogens with one attached hydrogen (secondary N) is 1. The van der Waals surface area contributed by atoms with Crippen LogP contribution >= 0.6 is 23.2 Å². The second-order valence-corrected chi connectivity index (χ2v) is 6.94. The molecule has 2 aromatic carbocycles. The molecule has 1 aliphatic rings. The Morgan fingerprint density at radius 2 is 1.68 bits per heavy atom. The van der Waals surface area contributed by atoms with Gasteiger partial charge in [-0.3, -0.25) is 9.69 Å². The second-order valence-electron chi connectivity index (χ2n) is 6.12. The van der Waals surface area contributed by atoms with Crippen molar-refractivity contribution >= 4 is 34.8 Å². The maximum absolute atomic E-state index is 12.4. The molecule has 132 valence electrons. The van der Waals surface area contributed by atoms with Crippen molar-refractivity contribution < 1.29 is 4.79 Å². The molecule has 0 aromatic heterocycles. The molecule has 1 heterocycles. The highest BCUT2D eigenvalue weighted by atomic mass is 35.5. The number of piperazine rings is 1. The van der Waals surface area contributed by atoms with Crippen LogP contribution in [0.15, 0.2) is 48.5 Å². The number of anilines is 1. The molecule has 1 aliphatic heterocycles. The van der Waals surface area contributed by atoms with E-state index in [1.54, 1.807) is 12.1 Å². The molecule has 6 heteroatoms. The maximum atomic E-state index is 12.4. The zero-order valence-corrected chi connectivity index (χ0v) is 15.4. The average molecular weight is 378 g/mol. The topological polar surface area (TPSA) is 35.6 Å². The van der Waals surface area contributed by atoms with E-state index in [1.807, 2.05) is 17.0 Å². The van der Waals surface area contributed by atoms with E-state index in [0.29, 0.717) is 10.0 Å². The van der Waals surface area contributed by atoms with Gasteiger partial charge in [0.15, 0.2) is 0 Å². The molecule has 4 nitrogen and oxygen atoms in total. The highest BCUT2D eigenvalue weighted by molar-refractivity contribution is 6.42. The van der Waals surface area contributed by atoms with Crippen LogP contribution in [0.5, 0.6) is 0 Å². The SMILES string of the molecule is O=C(CNc1ccc(Cl)c(Cl)c1)N1CCN(Cc2ccccc2)CC1. The molecule has 0 spiro atoms. The van der Waals surface area contributed by atoms with Crippen molar-refractivity contribution in [1.82, 2.24) is 9.80 Å². The number of benzene rings is 2. The summed E-state index contributed by atoms with van der Waals surface area (Å²) in [5.41, 5.74) is 2.11. The van der Waals surface area contributed by atoms with Crippen molar-refractivity contribution in [1.29, 1.82) is 0 Å². The van der Waals surface area contributed by atoms with Crippen LogP contribution < -0.4 is 5.32 Å². The van der Waals surface area contributed by atoms with Crippen molar-refractivity contribution in [2.75, 3.05) is 38.0 Å². The quantitative estimate of drug-likeness (QED) is 0.861. The van der Waals surface area contributed by atoms with E-state index in [9.17, 15) is 4.79 Å². The summed E-state index contributed by atoms with van der Waals surface area (Å²) in [6.07, 6.45) is 0. The zero-order chi connectivity index (χ0) is 17.6. The van der Waals surface area contributed by atoms with Crippen LogP contribution in [0.3, 0.4) is 0 Å². The lowest BCUT2D eigenvalue weighted by Crippen LogP contribution is -2.49. The molecule has 0 saturated carbocycles. The summed E-state index contributed by atoms with van der Waals surface area (Å²) in [6, 6.07) is 15.7. The zero-order valence-electron chi connectivity index (χ0n) is 13.9. The first-order valence-electron chi connectivity index (χ1n) is 8.35. The minimum Gasteiger partial charge on any atom is -0.376 e. The molecular weight excluding hydrogens is 357 g/mol. The van der Waals surface area contributed by atoms with Gasteiger partial charge in [0.1, 0.15) is 0 Å². The number of hydrogen-bond acceptors (Lipinski definition) is 3. The molecule has 0 radical (unpaired) electrons. The third kappa shape index (κ3) is 5.11. The molecule has 0 unspecified atom stereocenters. The van der Waals surface area contributed by atoms with E-state index < -0.39 is 0 Å². The highest BCUT2D eigenvalue weighted by Gasteiger charge is 2.20. The Kier molecular flexibility index (Phi) is 6.19. The fourth-order valence-electron chi connectivity index (χ4n) is 2.89. The van der Waals surface area contributed by atoms with Crippen LogP contribution in [0.1, 0.15) is 5.56 Å². The fourth-order valence-corrected chi connectivity index (χ4v) is 3.19. The van der Waals surface area contributed by atoms with Crippen molar-refractivity contribution in [3.05, 3.63) is 64.1 Å². The van der Waals surface area contributed by atoms with Gasteiger partial charge in [0, 0.05) is 38.4 Å². The van der Waals surface area contributed by atoms with Gasteiger partial charge in [0.2, 0.25) is 5.91 Å². The molecule has 1 saturated heterocycles. The number of hydrogen-bond donors (Lipinski definition) is 1. The number of halogens is 2. The van der Waals surface area contributed by atoms with Gasteiger partial charge in [-0.05, 0) is 23.8 Å². The van der Waals surface area contributed by atoms with Crippen LogP contribution in [0.25, 0.3) is 0 Å². The number of rotatable bonds is 5. The molecule has 1 amide bonds. The number of nitrogens with zero attached hydrogens (tertiary/aromatic N) is 2. The Bertz CT molecular complexity index is 716.